The zero-order valence-electron chi connectivity index (χ0n) is 20.3. The van der Waals surface area contributed by atoms with Gasteiger partial charge in [0.05, 0.1) is 12.2 Å². The molecule has 4 atom stereocenters. The predicted octanol–water partition coefficient (Wildman–Crippen LogP) is 6.61. The third kappa shape index (κ3) is 16.1. The Morgan fingerprint density at radius 2 is 0.812 bits per heavy atom. The summed E-state index contributed by atoms with van der Waals surface area (Å²) in [4.78, 5) is 26.2. The van der Waals surface area contributed by atoms with Gasteiger partial charge >= 0.3 is 12.3 Å². The summed E-state index contributed by atoms with van der Waals surface area (Å²) >= 11 is 0. The first-order valence-corrected chi connectivity index (χ1v) is 11.0. The molecule has 0 aromatic heterocycles. The van der Waals surface area contributed by atoms with E-state index in [9.17, 15) is 0 Å². The molecule has 0 radical (unpaired) electrons. The zero-order chi connectivity index (χ0) is 25.5. The topological polar surface area (TPSA) is 174 Å². The number of hydrogen-bond acceptors (Lipinski definition) is 6. The van der Waals surface area contributed by atoms with Crippen LogP contribution in [-0.2, 0) is 9.78 Å². The molecule has 10 heteroatoms. The van der Waals surface area contributed by atoms with Crippen molar-refractivity contribution in [1.82, 2.24) is 0 Å². The summed E-state index contributed by atoms with van der Waals surface area (Å²) in [5.41, 5.74) is 0.516. The number of rotatable bonds is 2. The second-order valence-corrected chi connectivity index (χ2v) is 10.4. The molecule has 0 bridgehead atoms. The molecule has 2 aliphatic carbocycles. The molecule has 2 fully saturated rings. The molecule has 10 nitrogen and oxygen atoms in total. The lowest BCUT2D eigenvalue weighted by Crippen LogP contribution is -2.36. The Labute approximate surface area is 191 Å². The molecule has 0 aromatic carbocycles. The molecular weight excluding hydrogens is 424 g/mol. The molecule has 192 valence electrons. The first-order valence-electron chi connectivity index (χ1n) is 11.0. The second kappa shape index (κ2) is 16.1. The first kappa shape index (κ1) is 32.6. The van der Waals surface area contributed by atoms with E-state index in [-0.39, 0.29) is 23.0 Å². The van der Waals surface area contributed by atoms with Crippen molar-refractivity contribution in [2.24, 2.45) is 22.7 Å². The SMILES string of the molecule is CC(C)(C)C1CCCCC1OO.CC(C)(C)C1CCCCC1OO.O=C(O)O.O=C(O)O. The Balaban J connectivity index is 0. The van der Waals surface area contributed by atoms with E-state index in [0.29, 0.717) is 11.8 Å². The lowest BCUT2D eigenvalue weighted by molar-refractivity contribution is -0.302. The van der Waals surface area contributed by atoms with Crippen molar-refractivity contribution in [3.8, 4) is 0 Å². The van der Waals surface area contributed by atoms with E-state index < -0.39 is 12.3 Å². The van der Waals surface area contributed by atoms with Gasteiger partial charge in [0.25, 0.3) is 0 Å². The van der Waals surface area contributed by atoms with Crippen LogP contribution in [0.2, 0.25) is 0 Å². The van der Waals surface area contributed by atoms with Gasteiger partial charge in [0.15, 0.2) is 0 Å². The number of hydrogen-bond donors (Lipinski definition) is 6. The van der Waals surface area contributed by atoms with Gasteiger partial charge in [-0.3, -0.25) is 10.5 Å². The van der Waals surface area contributed by atoms with Crippen LogP contribution in [0.5, 0.6) is 0 Å². The zero-order valence-corrected chi connectivity index (χ0v) is 20.3. The first-order chi connectivity index (χ1) is 14.6. The molecule has 2 saturated carbocycles. The lowest BCUT2D eigenvalue weighted by Gasteiger charge is -2.38. The molecule has 0 heterocycles. The van der Waals surface area contributed by atoms with Crippen LogP contribution >= 0.6 is 0 Å². The van der Waals surface area contributed by atoms with E-state index in [1.165, 1.54) is 38.5 Å². The molecule has 32 heavy (non-hydrogen) atoms. The Morgan fingerprint density at radius 3 is 0.969 bits per heavy atom. The van der Waals surface area contributed by atoms with Crippen LogP contribution in [0.3, 0.4) is 0 Å². The number of carbonyl (C=O) groups is 2. The van der Waals surface area contributed by atoms with Crippen LogP contribution < -0.4 is 0 Å². The minimum absolute atomic E-state index is 0.0683. The van der Waals surface area contributed by atoms with Crippen LogP contribution in [0.25, 0.3) is 0 Å². The highest BCUT2D eigenvalue weighted by Crippen LogP contribution is 2.39. The van der Waals surface area contributed by atoms with Crippen LogP contribution in [0.15, 0.2) is 0 Å². The van der Waals surface area contributed by atoms with Crippen molar-refractivity contribution >= 4 is 12.3 Å². The Hall–Kier alpha value is -1.62. The summed E-state index contributed by atoms with van der Waals surface area (Å²) in [6, 6.07) is 0. The quantitative estimate of drug-likeness (QED) is 0.191. The van der Waals surface area contributed by atoms with E-state index in [1.54, 1.807) is 0 Å². The summed E-state index contributed by atoms with van der Waals surface area (Å²) in [7, 11) is 0. The van der Waals surface area contributed by atoms with Gasteiger partial charge in [-0.2, -0.15) is 0 Å². The fourth-order valence-electron chi connectivity index (χ4n) is 4.43. The maximum atomic E-state index is 8.72. The van der Waals surface area contributed by atoms with Crippen molar-refractivity contribution < 1.29 is 50.3 Å². The molecule has 0 spiro atoms. The minimum Gasteiger partial charge on any atom is -0.450 e. The van der Waals surface area contributed by atoms with E-state index in [0.717, 1.165) is 12.8 Å². The van der Waals surface area contributed by atoms with Gasteiger partial charge in [-0.15, -0.1) is 0 Å². The van der Waals surface area contributed by atoms with Gasteiger partial charge in [0, 0.05) is 0 Å². The van der Waals surface area contributed by atoms with Crippen LogP contribution in [0.1, 0.15) is 92.9 Å². The molecule has 2 rings (SSSR count). The van der Waals surface area contributed by atoms with E-state index >= 15 is 0 Å². The van der Waals surface area contributed by atoms with Crippen LogP contribution in [0, 0.1) is 22.7 Å². The highest BCUT2D eigenvalue weighted by molar-refractivity contribution is 5.53. The average Bonchev–Trinajstić information content (AvgIpc) is 2.66. The summed E-state index contributed by atoms with van der Waals surface area (Å²) in [6.07, 6.45) is 5.82. The van der Waals surface area contributed by atoms with Crippen molar-refractivity contribution in [3.05, 3.63) is 0 Å². The fraction of sp³-hybridized carbons (Fsp3) is 0.909. The second-order valence-electron chi connectivity index (χ2n) is 10.4. The molecule has 2 aliphatic rings. The Bertz CT molecular complexity index is 456. The predicted molar refractivity (Wildman–Crippen MR) is 119 cm³/mol. The molecule has 6 N–H and O–H groups in total. The normalized spacial score (nSPS) is 25.5. The third-order valence-electron chi connectivity index (χ3n) is 5.90. The largest absolute Gasteiger partial charge is 0.503 e. The summed E-state index contributed by atoms with van der Waals surface area (Å²) in [5, 5.41) is 45.3. The highest BCUT2D eigenvalue weighted by atomic mass is 17.1. The maximum absolute atomic E-state index is 8.72. The number of carboxylic acid groups (broad SMARTS) is 4. The van der Waals surface area contributed by atoms with Gasteiger partial charge in [-0.05, 0) is 48.3 Å². The summed E-state index contributed by atoms with van der Waals surface area (Å²) < 4.78 is 0. The fourth-order valence-corrected chi connectivity index (χ4v) is 4.43. The highest BCUT2D eigenvalue weighted by Gasteiger charge is 2.35. The average molecular weight is 469 g/mol. The van der Waals surface area contributed by atoms with Crippen molar-refractivity contribution in [2.75, 3.05) is 0 Å². The van der Waals surface area contributed by atoms with E-state index in [4.69, 9.17) is 40.5 Å². The molecule has 4 unspecified atom stereocenters. The Kier molecular flexibility index (Phi) is 16.3. The van der Waals surface area contributed by atoms with Crippen LogP contribution in [0.4, 0.5) is 9.59 Å². The lowest BCUT2D eigenvalue weighted by atomic mass is 9.71. The van der Waals surface area contributed by atoms with Gasteiger partial charge in [0.2, 0.25) is 0 Å². The molecule has 0 saturated heterocycles. The van der Waals surface area contributed by atoms with E-state index in [1.807, 2.05) is 0 Å². The van der Waals surface area contributed by atoms with Gasteiger partial charge in [0.1, 0.15) is 0 Å². The smallest absolute Gasteiger partial charge is 0.450 e. The summed E-state index contributed by atoms with van der Waals surface area (Å²) in [6.45, 7) is 13.3. The molecule has 0 aliphatic heterocycles. The standard InChI is InChI=1S/2C10H20O2.2CH2O3/c2*1-10(2,3)8-6-4-5-7-9(8)12-11;2*2-1(3)4/h2*8-9,11H,4-7H2,1-3H3;2*(H2,2,3,4). The van der Waals surface area contributed by atoms with Gasteiger partial charge in [-0.25, -0.2) is 19.4 Å². The van der Waals surface area contributed by atoms with Gasteiger partial charge in [-0.1, -0.05) is 67.2 Å². The molecule has 0 amide bonds. The molecular formula is C22H44O10. The summed E-state index contributed by atoms with van der Waals surface area (Å²) in [5.74, 6) is 1.02. The third-order valence-corrected chi connectivity index (χ3v) is 5.90. The minimum atomic E-state index is -1.83. The van der Waals surface area contributed by atoms with Gasteiger partial charge < -0.3 is 20.4 Å². The van der Waals surface area contributed by atoms with Crippen molar-refractivity contribution in [1.29, 1.82) is 0 Å². The van der Waals surface area contributed by atoms with E-state index in [2.05, 4.69) is 51.3 Å². The monoisotopic (exact) mass is 468 g/mol. The Morgan fingerprint density at radius 1 is 0.594 bits per heavy atom. The van der Waals surface area contributed by atoms with Crippen molar-refractivity contribution in [3.63, 3.8) is 0 Å². The van der Waals surface area contributed by atoms with Crippen molar-refractivity contribution in [2.45, 2.75) is 105 Å². The molecule has 0 aromatic rings. The maximum Gasteiger partial charge on any atom is 0.503 e. The van der Waals surface area contributed by atoms with Crippen LogP contribution in [-0.4, -0.2) is 55.5 Å².